The molecule has 0 aliphatic heterocycles. The van der Waals surface area contributed by atoms with Crippen molar-refractivity contribution in [2.45, 2.75) is 6.54 Å². The zero-order valence-corrected chi connectivity index (χ0v) is 12.6. The number of carbonyl (C=O) groups is 1. The average molecular weight is 378 g/mol. The summed E-state index contributed by atoms with van der Waals surface area (Å²) >= 11 is 2.12. The maximum atomic E-state index is 11.2. The van der Waals surface area contributed by atoms with Crippen LogP contribution >= 0.6 is 22.6 Å². The molecule has 0 fully saturated rings. The minimum Gasteiger partial charge on any atom is -0.477 e. The molecule has 0 saturated carbocycles. The number of benzene rings is 1. The summed E-state index contributed by atoms with van der Waals surface area (Å²) in [5.41, 5.74) is 2.22. The van der Waals surface area contributed by atoms with E-state index in [4.69, 9.17) is 0 Å². The van der Waals surface area contributed by atoms with E-state index in [1.54, 1.807) is 16.8 Å². The van der Waals surface area contributed by atoms with Gasteiger partial charge in [-0.15, -0.1) is 0 Å². The Bertz CT molecular complexity index is 790. The molecule has 0 amide bonds. The molecule has 0 atom stereocenters. The number of nitrogens with zero attached hydrogens (tertiary/aromatic N) is 2. The van der Waals surface area contributed by atoms with Gasteiger partial charge in [-0.05, 0) is 40.3 Å². The van der Waals surface area contributed by atoms with Gasteiger partial charge in [0.05, 0.1) is 5.52 Å². The molecular weight excluding hydrogens is 367 g/mol. The van der Waals surface area contributed by atoms with Crippen LogP contribution in [0.3, 0.4) is 0 Å². The minimum atomic E-state index is -0.916. The second-order valence-corrected chi connectivity index (χ2v) is 5.71. The van der Waals surface area contributed by atoms with E-state index in [1.165, 1.54) is 0 Å². The van der Waals surface area contributed by atoms with Crippen LogP contribution in [0.4, 0.5) is 0 Å². The number of carboxylic acids is 1. The third kappa shape index (κ3) is 2.40. The van der Waals surface area contributed by atoms with Crippen LogP contribution in [0.5, 0.6) is 0 Å². The van der Waals surface area contributed by atoms with Crippen molar-refractivity contribution in [2.24, 2.45) is 0 Å². The van der Waals surface area contributed by atoms with Crippen molar-refractivity contribution in [3.63, 3.8) is 0 Å². The van der Waals surface area contributed by atoms with Crippen LogP contribution in [0.2, 0.25) is 0 Å². The second kappa shape index (κ2) is 5.24. The molecule has 0 unspecified atom stereocenters. The summed E-state index contributed by atoms with van der Waals surface area (Å²) in [5.74, 6) is -0.916. The molecule has 100 valence electrons. The first-order valence-corrected chi connectivity index (χ1v) is 7.14. The molecule has 20 heavy (non-hydrogen) atoms. The number of para-hydroxylation sites is 1. The standard InChI is InChI=1S/C15H11IN2O2/c16-12-7-13(15(19)20)18(9-12)8-11-4-1-3-10-5-2-6-17-14(10)11/h1-7,9H,8H2,(H,19,20). The number of hydrogen-bond acceptors (Lipinski definition) is 2. The Balaban J connectivity index is 2.08. The Labute approximate surface area is 129 Å². The molecule has 0 spiro atoms. The third-order valence-electron chi connectivity index (χ3n) is 3.14. The van der Waals surface area contributed by atoms with Crippen molar-refractivity contribution < 1.29 is 9.90 Å². The van der Waals surface area contributed by atoms with E-state index in [0.29, 0.717) is 12.2 Å². The molecule has 3 rings (SSSR count). The van der Waals surface area contributed by atoms with Crippen molar-refractivity contribution in [1.82, 2.24) is 9.55 Å². The van der Waals surface area contributed by atoms with Crippen LogP contribution in [0.15, 0.2) is 48.8 Å². The van der Waals surface area contributed by atoms with Crippen LogP contribution in [0, 0.1) is 3.57 Å². The van der Waals surface area contributed by atoms with E-state index in [-0.39, 0.29) is 0 Å². The quantitative estimate of drug-likeness (QED) is 0.711. The van der Waals surface area contributed by atoms with Crippen LogP contribution in [0.1, 0.15) is 16.1 Å². The minimum absolute atomic E-state index is 0.294. The van der Waals surface area contributed by atoms with Gasteiger partial charge in [-0.1, -0.05) is 24.3 Å². The fourth-order valence-corrected chi connectivity index (χ4v) is 2.89. The highest BCUT2D eigenvalue weighted by molar-refractivity contribution is 14.1. The Hall–Kier alpha value is -1.89. The highest BCUT2D eigenvalue weighted by Gasteiger charge is 2.12. The Morgan fingerprint density at radius 1 is 1.30 bits per heavy atom. The van der Waals surface area contributed by atoms with Gasteiger partial charge < -0.3 is 9.67 Å². The zero-order valence-electron chi connectivity index (χ0n) is 10.5. The molecule has 0 radical (unpaired) electrons. The number of aromatic nitrogens is 2. The van der Waals surface area contributed by atoms with Crippen molar-refractivity contribution in [1.29, 1.82) is 0 Å². The molecule has 0 aliphatic carbocycles. The molecule has 1 aromatic carbocycles. The van der Waals surface area contributed by atoms with E-state index in [0.717, 1.165) is 20.0 Å². The Kier molecular flexibility index (Phi) is 3.43. The molecule has 0 saturated heterocycles. The van der Waals surface area contributed by atoms with Gasteiger partial charge in [-0.3, -0.25) is 4.98 Å². The average Bonchev–Trinajstić information content (AvgIpc) is 2.80. The molecule has 2 heterocycles. The summed E-state index contributed by atoms with van der Waals surface area (Å²) < 4.78 is 2.65. The van der Waals surface area contributed by atoms with Crippen molar-refractivity contribution in [3.05, 3.63) is 63.6 Å². The summed E-state index contributed by atoms with van der Waals surface area (Å²) in [5, 5.41) is 10.3. The lowest BCUT2D eigenvalue weighted by atomic mass is 10.1. The number of hydrogen-bond donors (Lipinski definition) is 1. The maximum Gasteiger partial charge on any atom is 0.352 e. The van der Waals surface area contributed by atoms with Crippen LogP contribution in [0.25, 0.3) is 10.9 Å². The Morgan fingerprint density at radius 2 is 2.10 bits per heavy atom. The first kappa shape index (κ1) is 13.1. The molecule has 0 aliphatic rings. The largest absolute Gasteiger partial charge is 0.477 e. The van der Waals surface area contributed by atoms with E-state index in [1.807, 2.05) is 36.5 Å². The van der Waals surface area contributed by atoms with Crippen molar-refractivity contribution in [3.8, 4) is 0 Å². The monoisotopic (exact) mass is 378 g/mol. The number of fused-ring (bicyclic) bond motifs is 1. The van der Waals surface area contributed by atoms with Crippen molar-refractivity contribution in [2.75, 3.05) is 0 Å². The van der Waals surface area contributed by atoms with E-state index >= 15 is 0 Å². The summed E-state index contributed by atoms with van der Waals surface area (Å²) in [7, 11) is 0. The van der Waals surface area contributed by atoms with Crippen LogP contribution in [-0.2, 0) is 6.54 Å². The van der Waals surface area contributed by atoms with E-state index in [2.05, 4.69) is 27.6 Å². The van der Waals surface area contributed by atoms with Gasteiger partial charge in [0.15, 0.2) is 0 Å². The van der Waals surface area contributed by atoms with Gasteiger partial charge >= 0.3 is 5.97 Å². The molecule has 5 heteroatoms. The first-order chi connectivity index (χ1) is 9.65. The summed E-state index contributed by atoms with van der Waals surface area (Å²) in [6, 6.07) is 11.5. The molecule has 2 aromatic heterocycles. The summed E-state index contributed by atoms with van der Waals surface area (Å²) in [6.45, 7) is 0.499. The number of rotatable bonds is 3. The predicted octanol–water partition coefficient (Wildman–Crippen LogP) is 3.39. The second-order valence-electron chi connectivity index (χ2n) is 4.47. The number of aromatic carboxylic acids is 1. The van der Waals surface area contributed by atoms with Gasteiger partial charge in [0.25, 0.3) is 0 Å². The summed E-state index contributed by atoms with van der Waals surface area (Å²) in [6.07, 6.45) is 3.59. The van der Waals surface area contributed by atoms with Gasteiger partial charge in [0.1, 0.15) is 5.69 Å². The topological polar surface area (TPSA) is 55.1 Å². The smallest absolute Gasteiger partial charge is 0.352 e. The van der Waals surface area contributed by atoms with Gasteiger partial charge in [-0.2, -0.15) is 0 Å². The third-order valence-corrected chi connectivity index (χ3v) is 3.73. The van der Waals surface area contributed by atoms with Crippen LogP contribution in [-0.4, -0.2) is 20.6 Å². The number of halogens is 1. The highest BCUT2D eigenvalue weighted by Crippen LogP contribution is 2.19. The Morgan fingerprint density at radius 3 is 2.90 bits per heavy atom. The maximum absolute atomic E-state index is 11.2. The van der Waals surface area contributed by atoms with Gasteiger partial charge in [0, 0.05) is 27.9 Å². The highest BCUT2D eigenvalue weighted by atomic mass is 127. The molecule has 4 nitrogen and oxygen atoms in total. The summed E-state index contributed by atoms with van der Waals surface area (Å²) in [4.78, 5) is 15.6. The predicted molar refractivity (Wildman–Crippen MR) is 85.0 cm³/mol. The molecule has 3 aromatic rings. The van der Waals surface area contributed by atoms with Gasteiger partial charge in [0.2, 0.25) is 0 Å². The van der Waals surface area contributed by atoms with Crippen LogP contribution < -0.4 is 0 Å². The molecule has 0 bridgehead atoms. The van der Waals surface area contributed by atoms with Crippen molar-refractivity contribution >= 4 is 39.5 Å². The fourth-order valence-electron chi connectivity index (χ4n) is 2.26. The zero-order chi connectivity index (χ0) is 14.1. The SMILES string of the molecule is O=C(O)c1cc(I)cn1Cc1cccc2cccnc12. The number of carboxylic acid groups (broad SMARTS) is 1. The molecule has 1 N–H and O–H groups in total. The lowest BCUT2D eigenvalue weighted by molar-refractivity contribution is 0.0685. The van der Waals surface area contributed by atoms with E-state index < -0.39 is 5.97 Å². The first-order valence-electron chi connectivity index (χ1n) is 6.07. The fraction of sp³-hybridized carbons (Fsp3) is 0.0667. The van der Waals surface area contributed by atoms with Gasteiger partial charge in [-0.25, -0.2) is 4.79 Å². The number of pyridine rings is 1. The molecular formula is C15H11IN2O2. The lowest BCUT2D eigenvalue weighted by Gasteiger charge is -2.08. The van der Waals surface area contributed by atoms with E-state index in [9.17, 15) is 9.90 Å². The lowest BCUT2D eigenvalue weighted by Crippen LogP contribution is -2.08. The normalized spacial score (nSPS) is 10.8.